The molecule has 6 nitrogen and oxygen atoms in total. The van der Waals surface area contributed by atoms with E-state index in [1.54, 1.807) is 0 Å². The Bertz CT molecular complexity index is 448. The molecule has 1 aromatic carbocycles. The van der Waals surface area contributed by atoms with Gasteiger partial charge in [0, 0.05) is 37.5 Å². The molecule has 3 unspecified atom stereocenters. The number of hydrogen-bond donors (Lipinski definition) is 0. The van der Waals surface area contributed by atoms with Crippen LogP contribution in [0.4, 0.5) is 0 Å². The normalized spacial score (nSPS) is 26.8. The molecular formula is C18H24O6. The van der Waals surface area contributed by atoms with Gasteiger partial charge in [0.2, 0.25) is 0 Å². The quantitative estimate of drug-likeness (QED) is 0.545. The van der Waals surface area contributed by atoms with Gasteiger partial charge in [-0.1, -0.05) is 0 Å². The van der Waals surface area contributed by atoms with E-state index in [9.17, 15) is 0 Å². The maximum atomic E-state index is 5.83. The molecule has 3 saturated heterocycles. The lowest BCUT2D eigenvalue weighted by atomic mass is 10.3. The third kappa shape index (κ3) is 5.54. The molecule has 3 heterocycles. The second-order valence-corrected chi connectivity index (χ2v) is 6.42. The van der Waals surface area contributed by atoms with Gasteiger partial charge in [-0.15, -0.1) is 0 Å². The molecule has 0 aromatic heterocycles. The highest BCUT2D eigenvalue weighted by Gasteiger charge is 2.23. The van der Waals surface area contributed by atoms with Crippen LogP contribution in [0, 0.1) is 0 Å². The Balaban J connectivity index is 1.31. The largest absolute Gasteiger partial charge is 0.493 e. The van der Waals surface area contributed by atoms with Crippen molar-refractivity contribution >= 4 is 0 Å². The summed E-state index contributed by atoms with van der Waals surface area (Å²) in [7, 11) is 0. The van der Waals surface area contributed by atoms with Gasteiger partial charge in [0.15, 0.2) is 0 Å². The van der Waals surface area contributed by atoms with E-state index in [2.05, 4.69) is 0 Å². The molecule has 0 N–H and O–H groups in total. The minimum absolute atomic E-state index is 0.372. The van der Waals surface area contributed by atoms with Crippen LogP contribution in [0.1, 0.15) is 19.3 Å². The molecule has 0 saturated carbocycles. The van der Waals surface area contributed by atoms with E-state index in [4.69, 9.17) is 28.4 Å². The highest BCUT2D eigenvalue weighted by Crippen LogP contribution is 2.29. The predicted molar refractivity (Wildman–Crippen MR) is 86.0 cm³/mol. The number of rotatable bonds is 12. The van der Waals surface area contributed by atoms with Gasteiger partial charge in [-0.25, -0.2) is 0 Å². The molecule has 0 aliphatic carbocycles. The van der Waals surface area contributed by atoms with Crippen molar-refractivity contribution in [2.24, 2.45) is 0 Å². The molecule has 0 spiro atoms. The predicted octanol–water partition coefficient (Wildman–Crippen LogP) is 2.19. The summed E-state index contributed by atoms with van der Waals surface area (Å²) in [6, 6.07) is 5.75. The first kappa shape index (κ1) is 16.0. The van der Waals surface area contributed by atoms with Crippen LogP contribution in [0.2, 0.25) is 0 Å². The van der Waals surface area contributed by atoms with Crippen LogP contribution < -0.4 is 14.2 Å². The fourth-order valence-corrected chi connectivity index (χ4v) is 2.42. The zero-order chi connectivity index (χ0) is 16.2. The van der Waals surface area contributed by atoms with E-state index in [1.807, 2.05) is 18.2 Å². The summed E-state index contributed by atoms with van der Waals surface area (Å²) in [4.78, 5) is 0. The van der Waals surface area contributed by atoms with E-state index in [-0.39, 0.29) is 0 Å². The van der Waals surface area contributed by atoms with Crippen LogP contribution in [-0.2, 0) is 14.2 Å². The van der Waals surface area contributed by atoms with Gasteiger partial charge in [-0.2, -0.15) is 0 Å². The number of hydrogen-bond acceptors (Lipinski definition) is 6. The van der Waals surface area contributed by atoms with Crippen LogP contribution in [0.3, 0.4) is 0 Å². The molecule has 4 rings (SSSR count). The smallest absolute Gasteiger partial charge is 0.126 e. The van der Waals surface area contributed by atoms with Gasteiger partial charge in [-0.05, 0) is 0 Å². The van der Waals surface area contributed by atoms with Crippen molar-refractivity contribution in [3.63, 3.8) is 0 Å². The molecular weight excluding hydrogens is 312 g/mol. The fourth-order valence-electron chi connectivity index (χ4n) is 2.42. The lowest BCUT2D eigenvalue weighted by Gasteiger charge is -2.13. The van der Waals surface area contributed by atoms with Gasteiger partial charge in [0.25, 0.3) is 0 Å². The van der Waals surface area contributed by atoms with Gasteiger partial charge >= 0.3 is 0 Å². The van der Waals surface area contributed by atoms with Gasteiger partial charge in [0.1, 0.15) is 17.2 Å². The second-order valence-electron chi connectivity index (χ2n) is 6.42. The maximum absolute atomic E-state index is 5.83. The molecule has 132 valence electrons. The monoisotopic (exact) mass is 336 g/mol. The first-order chi connectivity index (χ1) is 11.8. The van der Waals surface area contributed by atoms with Crippen LogP contribution in [0.15, 0.2) is 18.2 Å². The molecule has 24 heavy (non-hydrogen) atoms. The van der Waals surface area contributed by atoms with Crippen LogP contribution >= 0.6 is 0 Å². The number of ether oxygens (including phenoxy) is 6. The summed E-state index contributed by atoms with van der Waals surface area (Å²) < 4.78 is 33.1. The van der Waals surface area contributed by atoms with Crippen molar-refractivity contribution in [3.8, 4) is 17.2 Å². The summed E-state index contributed by atoms with van der Waals surface area (Å²) in [6.45, 7) is 4.48. The lowest BCUT2D eigenvalue weighted by Crippen LogP contribution is -2.05. The molecule has 0 bridgehead atoms. The number of benzene rings is 1. The number of epoxide rings is 3. The van der Waals surface area contributed by atoms with Crippen molar-refractivity contribution in [2.75, 3.05) is 39.6 Å². The average Bonchev–Trinajstić information content (AvgIpc) is 3.42. The summed E-state index contributed by atoms with van der Waals surface area (Å²) in [5.41, 5.74) is 0. The topological polar surface area (TPSA) is 65.3 Å². The zero-order valence-electron chi connectivity index (χ0n) is 13.8. The van der Waals surface area contributed by atoms with Crippen molar-refractivity contribution in [3.05, 3.63) is 18.2 Å². The highest BCUT2D eigenvalue weighted by atomic mass is 16.6. The molecule has 6 heteroatoms. The Morgan fingerprint density at radius 1 is 0.625 bits per heavy atom. The Morgan fingerprint density at radius 2 is 0.917 bits per heavy atom. The van der Waals surface area contributed by atoms with Crippen molar-refractivity contribution < 1.29 is 28.4 Å². The third-order valence-corrected chi connectivity index (χ3v) is 4.19. The molecule has 3 fully saturated rings. The summed E-state index contributed by atoms with van der Waals surface area (Å²) in [5.74, 6) is 2.32. The summed E-state index contributed by atoms with van der Waals surface area (Å²) in [6.07, 6.45) is 3.87. The molecule has 1 aromatic rings. The third-order valence-electron chi connectivity index (χ3n) is 4.19. The lowest BCUT2D eigenvalue weighted by molar-refractivity contribution is 0.260. The highest BCUT2D eigenvalue weighted by molar-refractivity contribution is 5.42. The Morgan fingerprint density at radius 3 is 1.17 bits per heavy atom. The minimum atomic E-state index is 0.372. The molecule has 0 amide bonds. The first-order valence-electron chi connectivity index (χ1n) is 8.73. The molecule has 0 radical (unpaired) electrons. The van der Waals surface area contributed by atoms with Crippen LogP contribution in [0.5, 0.6) is 17.2 Å². The van der Waals surface area contributed by atoms with E-state index in [1.165, 1.54) is 0 Å². The van der Waals surface area contributed by atoms with Crippen molar-refractivity contribution in [2.45, 2.75) is 37.6 Å². The molecule has 3 aliphatic rings. The van der Waals surface area contributed by atoms with E-state index >= 15 is 0 Å². The van der Waals surface area contributed by atoms with Crippen molar-refractivity contribution in [1.82, 2.24) is 0 Å². The summed E-state index contributed by atoms with van der Waals surface area (Å²) >= 11 is 0. The Hall–Kier alpha value is -1.50. The maximum Gasteiger partial charge on any atom is 0.126 e. The Kier molecular flexibility index (Phi) is 5.06. The Labute approximate surface area is 141 Å². The zero-order valence-corrected chi connectivity index (χ0v) is 13.8. The molecule has 3 aliphatic heterocycles. The van der Waals surface area contributed by atoms with Gasteiger partial charge < -0.3 is 28.4 Å². The standard InChI is InChI=1S/C18H24O6/c1(13-10-22-13)4-19-16-7-17(20-5-2-14-11-23-14)9-18(8-16)21-6-3-15-12-24-15/h7-9,13-15H,1-6,10-12H2. The van der Waals surface area contributed by atoms with Gasteiger partial charge in [0.05, 0.1) is 58.0 Å². The van der Waals surface area contributed by atoms with Crippen LogP contribution in [0.25, 0.3) is 0 Å². The van der Waals surface area contributed by atoms with E-state index < -0.39 is 0 Å². The van der Waals surface area contributed by atoms with E-state index in [0.29, 0.717) is 38.1 Å². The minimum Gasteiger partial charge on any atom is -0.493 e. The van der Waals surface area contributed by atoms with Crippen molar-refractivity contribution in [1.29, 1.82) is 0 Å². The SMILES string of the molecule is c1c(OCCC2CO2)cc(OCCC2CO2)cc1OCCC1CO1. The van der Waals surface area contributed by atoms with E-state index in [0.717, 1.165) is 56.3 Å². The van der Waals surface area contributed by atoms with Gasteiger partial charge in [-0.3, -0.25) is 0 Å². The second kappa shape index (κ2) is 7.59. The summed E-state index contributed by atoms with van der Waals surface area (Å²) in [5, 5.41) is 0. The van der Waals surface area contributed by atoms with Crippen LogP contribution in [-0.4, -0.2) is 58.0 Å². The average molecular weight is 336 g/mol. The fraction of sp³-hybridized carbons (Fsp3) is 0.667. The first-order valence-corrected chi connectivity index (χ1v) is 8.73. The molecule has 3 atom stereocenters.